The number of nitrogens with one attached hydrogen (secondary N) is 2. The summed E-state index contributed by atoms with van der Waals surface area (Å²) in [6.07, 6.45) is -0.206. The van der Waals surface area contributed by atoms with Crippen molar-refractivity contribution in [3.8, 4) is 5.75 Å². The SMILES string of the molecule is Cc1cc2c(cc1S(=O)(=O)CCC(=O)Nc1cccc(Cl)c1C)OCC(=O)N2. The van der Waals surface area contributed by atoms with Crippen molar-refractivity contribution in [2.24, 2.45) is 0 Å². The summed E-state index contributed by atoms with van der Waals surface area (Å²) < 4.78 is 30.8. The molecule has 0 aliphatic carbocycles. The smallest absolute Gasteiger partial charge is 0.262 e. The number of fused-ring (bicyclic) bond motifs is 1. The molecular weight excluding hydrogens is 404 g/mol. The number of rotatable bonds is 5. The predicted octanol–water partition coefficient (Wildman–Crippen LogP) is 3.09. The average molecular weight is 423 g/mol. The quantitative estimate of drug-likeness (QED) is 0.770. The Kier molecular flexibility index (Phi) is 5.62. The minimum atomic E-state index is -3.72. The first-order chi connectivity index (χ1) is 13.2. The van der Waals surface area contributed by atoms with Crippen LogP contribution in [0.2, 0.25) is 5.02 Å². The number of ether oxygens (including phenoxy) is 1. The summed E-state index contributed by atoms with van der Waals surface area (Å²) in [6, 6.07) is 8.05. The number of hydrogen-bond donors (Lipinski definition) is 2. The van der Waals surface area contributed by atoms with Gasteiger partial charge in [-0.25, -0.2) is 8.42 Å². The zero-order valence-corrected chi connectivity index (χ0v) is 16.9. The zero-order chi connectivity index (χ0) is 20.5. The van der Waals surface area contributed by atoms with Gasteiger partial charge < -0.3 is 15.4 Å². The molecule has 7 nitrogen and oxygen atoms in total. The fourth-order valence-corrected chi connectivity index (χ4v) is 4.53. The van der Waals surface area contributed by atoms with Crippen LogP contribution in [0.1, 0.15) is 17.5 Å². The van der Waals surface area contributed by atoms with Crippen LogP contribution in [0.5, 0.6) is 5.75 Å². The third kappa shape index (κ3) is 4.28. The third-order valence-corrected chi connectivity index (χ3v) is 6.65. The van der Waals surface area contributed by atoms with Gasteiger partial charge >= 0.3 is 0 Å². The van der Waals surface area contributed by atoms with E-state index < -0.39 is 15.7 Å². The number of benzene rings is 2. The van der Waals surface area contributed by atoms with Crippen molar-refractivity contribution in [1.29, 1.82) is 0 Å². The van der Waals surface area contributed by atoms with Crippen LogP contribution < -0.4 is 15.4 Å². The molecule has 2 aromatic carbocycles. The van der Waals surface area contributed by atoms with E-state index >= 15 is 0 Å². The molecule has 0 saturated heterocycles. The average Bonchev–Trinajstić information content (AvgIpc) is 2.63. The molecule has 0 aromatic heterocycles. The van der Waals surface area contributed by atoms with Crippen LogP contribution in [-0.2, 0) is 19.4 Å². The van der Waals surface area contributed by atoms with Crippen molar-refractivity contribution >= 4 is 44.6 Å². The zero-order valence-electron chi connectivity index (χ0n) is 15.3. The van der Waals surface area contributed by atoms with Gasteiger partial charge in [-0.1, -0.05) is 17.7 Å². The summed E-state index contributed by atoms with van der Waals surface area (Å²) in [5.41, 5.74) is 2.16. The second kappa shape index (κ2) is 7.81. The Morgan fingerprint density at radius 3 is 2.79 bits per heavy atom. The second-order valence-corrected chi connectivity index (χ2v) is 8.96. The Labute approximate surface area is 168 Å². The lowest BCUT2D eigenvalue weighted by molar-refractivity contribution is -0.118. The Hall–Kier alpha value is -2.58. The lowest BCUT2D eigenvalue weighted by Crippen LogP contribution is -2.26. The molecular formula is C19H19ClN2O5S. The third-order valence-electron chi connectivity index (χ3n) is 4.38. The fraction of sp³-hybridized carbons (Fsp3) is 0.263. The number of carbonyl (C=O) groups excluding carboxylic acids is 2. The lowest BCUT2D eigenvalue weighted by atomic mass is 10.2. The molecule has 0 radical (unpaired) electrons. The maximum atomic E-state index is 12.7. The number of halogens is 1. The molecule has 0 spiro atoms. The van der Waals surface area contributed by atoms with E-state index in [1.807, 2.05) is 0 Å². The molecule has 0 unspecified atom stereocenters. The van der Waals surface area contributed by atoms with Crippen LogP contribution >= 0.6 is 11.6 Å². The topological polar surface area (TPSA) is 102 Å². The summed E-state index contributed by atoms with van der Waals surface area (Å²) in [4.78, 5) is 23.7. The molecule has 1 aliphatic heterocycles. The molecule has 0 fully saturated rings. The van der Waals surface area contributed by atoms with E-state index in [1.54, 1.807) is 38.1 Å². The molecule has 3 rings (SSSR count). The number of carbonyl (C=O) groups is 2. The van der Waals surface area contributed by atoms with Crippen molar-refractivity contribution in [3.05, 3.63) is 46.5 Å². The largest absolute Gasteiger partial charge is 0.482 e. The molecule has 1 aliphatic rings. The first kappa shape index (κ1) is 20.2. The van der Waals surface area contributed by atoms with Crippen LogP contribution in [0.15, 0.2) is 35.2 Å². The van der Waals surface area contributed by atoms with Gasteiger partial charge in [0.25, 0.3) is 5.91 Å². The minimum Gasteiger partial charge on any atom is -0.482 e. The van der Waals surface area contributed by atoms with E-state index in [0.717, 1.165) is 0 Å². The van der Waals surface area contributed by atoms with Gasteiger partial charge in [0.05, 0.1) is 16.3 Å². The molecule has 0 bridgehead atoms. The van der Waals surface area contributed by atoms with E-state index in [2.05, 4.69) is 10.6 Å². The van der Waals surface area contributed by atoms with E-state index in [-0.39, 0.29) is 29.6 Å². The van der Waals surface area contributed by atoms with Crippen molar-refractivity contribution in [1.82, 2.24) is 0 Å². The fourth-order valence-electron chi connectivity index (χ4n) is 2.84. The van der Waals surface area contributed by atoms with Crippen molar-refractivity contribution < 1.29 is 22.7 Å². The van der Waals surface area contributed by atoms with E-state index in [1.165, 1.54) is 6.07 Å². The van der Waals surface area contributed by atoms with E-state index in [4.69, 9.17) is 16.3 Å². The number of sulfone groups is 1. The van der Waals surface area contributed by atoms with Crippen LogP contribution in [-0.4, -0.2) is 32.6 Å². The van der Waals surface area contributed by atoms with Gasteiger partial charge in [0, 0.05) is 23.2 Å². The molecule has 2 amide bonds. The number of aryl methyl sites for hydroxylation is 1. The van der Waals surface area contributed by atoms with Gasteiger partial charge in [-0.3, -0.25) is 9.59 Å². The Morgan fingerprint density at radius 1 is 1.29 bits per heavy atom. The van der Waals surface area contributed by atoms with Crippen LogP contribution in [0.3, 0.4) is 0 Å². The van der Waals surface area contributed by atoms with Gasteiger partial charge in [0.2, 0.25) is 5.91 Å². The Bertz CT molecular complexity index is 1070. The molecule has 1 heterocycles. The minimum absolute atomic E-state index is 0.0779. The monoisotopic (exact) mass is 422 g/mol. The van der Waals surface area contributed by atoms with E-state index in [9.17, 15) is 18.0 Å². The van der Waals surface area contributed by atoms with Crippen molar-refractivity contribution in [3.63, 3.8) is 0 Å². The summed E-state index contributed by atoms with van der Waals surface area (Å²) in [5.74, 6) is -0.781. The highest BCUT2D eigenvalue weighted by atomic mass is 35.5. The summed E-state index contributed by atoms with van der Waals surface area (Å²) >= 11 is 6.03. The molecule has 148 valence electrons. The molecule has 2 N–H and O–H groups in total. The highest BCUT2D eigenvalue weighted by Gasteiger charge is 2.24. The maximum Gasteiger partial charge on any atom is 0.262 e. The molecule has 28 heavy (non-hydrogen) atoms. The maximum absolute atomic E-state index is 12.7. The Morgan fingerprint density at radius 2 is 2.04 bits per heavy atom. The first-order valence-corrected chi connectivity index (χ1v) is 10.6. The van der Waals surface area contributed by atoms with Gasteiger partial charge in [-0.15, -0.1) is 0 Å². The highest BCUT2D eigenvalue weighted by Crippen LogP contribution is 2.33. The number of anilines is 2. The van der Waals surface area contributed by atoms with Crippen molar-refractivity contribution in [2.45, 2.75) is 25.2 Å². The Balaban J connectivity index is 1.73. The summed E-state index contributed by atoms with van der Waals surface area (Å²) in [6.45, 7) is 3.23. The highest BCUT2D eigenvalue weighted by molar-refractivity contribution is 7.91. The second-order valence-electron chi connectivity index (χ2n) is 6.48. The van der Waals surface area contributed by atoms with E-state index in [0.29, 0.717) is 33.3 Å². The van der Waals surface area contributed by atoms with Crippen LogP contribution in [0, 0.1) is 13.8 Å². The molecule has 0 atom stereocenters. The van der Waals surface area contributed by atoms with Gasteiger partial charge in [0.15, 0.2) is 16.4 Å². The van der Waals surface area contributed by atoms with Crippen molar-refractivity contribution in [2.75, 3.05) is 23.0 Å². The number of hydrogen-bond acceptors (Lipinski definition) is 5. The van der Waals surface area contributed by atoms with Gasteiger partial charge in [-0.2, -0.15) is 0 Å². The normalized spacial score (nSPS) is 13.3. The molecule has 2 aromatic rings. The van der Waals surface area contributed by atoms with Crippen LogP contribution in [0.25, 0.3) is 0 Å². The van der Waals surface area contributed by atoms with Gasteiger partial charge in [-0.05, 0) is 43.2 Å². The number of amides is 2. The predicted molar refractivity (Wildman–Crippen MR) is 107 cm³/mol. The molecule has 0 saturated carbocycles. The van der Waals surface area contributed by atoms with Gasteiger partial charge in [0.1, 0.15) is 5.75 Å². The standard InChI is InChI=1S/C19H19ClN2O5S/c1-11-8-15-16(27-10-19(24)22-15)9-17(11)28(25,26)7-6-18(23)21-14-5-3-4-13(20)12(14)2/h3-5,8-9H,6-7,10H2,1-2H3,(H,21,23)(H,22,24). The summed E-state index contributed by atoms with van der Waals surface area (Å²) in [5, 5.41) is 5.83. The molecule has 9 heteroatoms. The van der Waals surface area contributed by atoms with Crippen LogP contribution in [0.4, 0.5) is 11.4 Å². The lowest BCUT2D eigenvalue weighted by Gasteiger charge is -2.20. The first-order valence-electron chi connectivity index (χ1n) is 8.52. The summed E-state index contributed by atoms with van der Waals surface area (Å²) in [7, 11) is -3.72.